The van der Waals surface area contributed by atoms with E-state index in [9.17, 15) is 13.2 Å². The minimum absolute atomic E-state index is 0.0396. The van der Waals surface area contributed by atoms with E-state index in [1.807, 2.05) is 44.2 Å². The molecule has 0 aromatic heterocycles. The molecule has 1 N–H and O–H groups in total. The standard InChI is InChI=1S/C19H22N2O4S/c1-14-7-8-15(2)18(13-14)25-12-10-19(22)20-26(23,24)21-11-9-16-5-3-4-6-17(16)21/h3-8,13H,9-12H2,1-2H3,(H,20,22). The van der Waals surface area contributed by atoms with Gasteiger partial charge >= 0.3 is 10.2 Å². The van der Waals surface area contributed by atoms with Gasteiger partial charge in [0, 0.05) is 6.54 Å². The van der Waals surface area contributed by atoms with Gasteiger partial charge in [-0.2, -0.15) is 8.42 Å². The largest absolute Gasteiger partial charge is 0.493 e. The number of rotatable bonds is 6. The van der Waals surface area contributed by atoms with E-state index < -0.39 is 16.1 Å². The van der Waals surface area contributed by atoms with Gasteiger partial charge in [0.1, 0.15) is 5.75 Å². The summed E-state index contributed by atoms with van der Waals surface area (Å²) in [6.07, 6.45) is 0.600. The second kappa shape index (κ2) is 7.37. The molecule has 0 aliphatic carbocycles. The molecule has 26 heavy (non-hydrogen) atoms. The third-order valence-corrected chi connectivity index (χ3v) is 5.75. The van der Waals surface area contributed by atoms with Crippen molar-refractivity contribution in [3.63, 3.8) is 0 Å². The number of carbonyl (C=O) groups is 1. The maximum Gasteiger partial charge on any atom is 0.326 e. The number of hydrogen-bond acceptors (Lipinski definition) is 4. The lowest BCUT2D eigenvalue weighted by atomic mass is 10.1. The molecule has 0 unspecified atom stereocenters. The van der Waals surface area contributed by atoms with Crippen molar-refractivity contribution in [3.05, 3.63) is 59.2 Å². The Bertz CT molecular complexity index is 925. The van der Waals surface area contributed by atoms with Crippen LogP contribution in [-0.2, 0) is 21.4 Å². The molecule has 0 atom stereocenters. The monoisotopic (exact) mass is 374 g/mol. The highest BCUT2D eigenvalue weighted by Crippen LogP contribution is 2.29. The molecule has 1 aliphatic heterocycles. The van der Waals surface area contributed by atoms with Crippen molar-refractivity contribution in [2.24, 2.45) is 0 Å². The predicted octanol–water partition coefficient (Wildman–Crippen LogP) is 2.50. The van der Waals surface area contributed by atoms with Crippen LogP contribution in [0.3, 0.4) is 0 Å². The number of benzene rings is 2. The number of fused-ring (bicyclic) bond motifs is 1. The topological polar surface area (TPSA) is 75.7 Å². The molecule has 6 nitrogen and oxygen atoms in total. The van der Waals surface area contributed by atoms with Crippen molar-refractivity contribution in [2.75, 3.05) is 17.5 Å². The average Bonchev–Trinajstić information content (AvgIpc) is 3.02. The zero-order chi connectivity index (χ0) is 18.7. The second-order valence-electron chi connectivity index (χ2n) is 6.35. The fraction of sp³-hybridized carbons (Fsp3) is 0.316. The highest BCUT2D eigenvalue weighted by molar-refractivity contribution is 7.91. The van der Waals surface area contributed by atoms with Crippen molar-refractivity contribution in [3.8, 4) is 5.75 Å². The number of nitrogens with one attached hydrogen (secondary N) is 1. The number of para-hydroxylation sites is 1. The van der Waals surface area contributed by atoms with E-state index in [0.717, 1.165) is 16.7 Å². The molecule has 7 heteroatoms. The molecule has 3 rings (SSSR count). The minimum atomic E-state index is -3.90. The number of amides is 1. The quantitative estimate of drug-likeness (QED) is 0.843. The smallest absolute Gasteiger partial charge is 0.326 e. The summed E-state index contributed by atoms with van der Waals surface area (Å²) < 4.78 is 34.0. The zero-order valence-electron chi connectivity index (χ0n) is 14.9. The number of aryl methyl sites for hydroxylation is 2. The van der Waals surface area contributed by atoms with Gasteiger partial charge in [-0.05, 0) is 49.1 Å². The summed E-state index contributed by atoms with van der Waals surface area (Å²) in [5, 5.41) is 0. The molecule has 0 saturated carbocycles. The van der Waals surface area contributed by atoms with Crippen LogP contribution in [0.5, 0.6) is 5.75 Å². The van der Waals surface area contributed by atoms with Crippen LogP contribution in [0.2, 0.25) is 0 Å². The second-order valence-corrected chi connectivity index (χ2v) is 7.94. The third-order valence-electron chi connectivity index (χ3n) is 4.31. The van der Waals surface area contributed by atoms with E-state index in [1.54, 1.807) is 12.1 Å². The molecule has 1 aliphatic rings. The minimum Gasteiger partial charge on any atom is -0.493 e. The Balaban J connectivity index is 1.57. The Hall–Kier alpha value is -2.54. The summed E-state index contributed by atoms with van der Waals surface area (Å²) in [4.78, 5) is 12.1. The number of carbonyl (C=O) groups excluding carboxylic acids is 1. The van der Waals surface area contributed by atoms with Crippen LogP contribution in [0.15, 0.2) is 42.5 Å². The van der Waals surface area contributed by atoms with Gasteiger partial charge in [-0.3, -0.25) is 9.10 Å². The summed E-state index contributed by atoms with van der Waals surface area (Å²) >= 11 is 0. The van der Waals surface area contributed by atoms with E-state index in [2.05, 4.69) is 4.72 Å². The van der Waals surface area contributed by atoms with Gasteiger partial charge < -0.3 is 4.74 Å². The van der Waals surface area contributed by atoms with Crippen LogP contribution in [-0.4, -0.2) is 27.5 Å². The van der Waals surface area contributed by atoms with Crippen LogP contribution < -0.4 is 13.8 Å². The number of hydrogen-bond donors (Lipinski definition) is 1. The SMILES string of the molecule is Cc1ccc(C)c(OCCC(=O)NS(=O)(=O)N2CCc3ccccc32)c1. The summed E-state index contributed by atoms with van der Waals surface area (Å²) in [7, 11) is -3.90. The van der Waals surface area contributed by atoms with Gasteiger partial charge in [-0.15, -0.1) is 0 Å². The molecule has 0 fully saturated rings. The van der Waals surface area contributed by atoms with Gasteiger partial charge in [0.15, 0.2) is 0 Å². The molecule has 1 amide bonds. The number of anilines is 1. The molecule has 138 valence electrons. The Morgan fingerprint density at radius 1 is 1.19 bits per heavy atom. The first-order valence-electron chi connectivity index (χ1n) is 8.48. The highest BCUT2D eigenvalue weighted by Gasteiger charge is 2.30. The van der Waals surface area contributed by atoms with Crippen LogP contribution >= 0.6 is 0 Å². The van der Waals surface area contributed by atoms with E-state index in [0.29, 0.717) is 24.4 Å². The van der Waals surface area contributed by atoms with Gasteiger partial charge in [0.25, 0.3) is 0 Å². The van der Waals surface area contributed by atoms with Crippen LogP contribution in [0.25, 0.3) is 0 Å². The van der Waals surface area contributed by atoms with E-state index in [-0.39, 0.29) is 13.0 Å². The first kappa shape index (κ1) is 18.3. The Labute approximate surface area is 154 Å². The van der Waals surface area contributed by atoms with E-state index in [4.69, 9.17) is 4.74 Å². The maximum absolute atomic E-state index is 12.5. The highest BCUT2D eigenvalue weighted by atomic mass is 32.2. The predicted molar refractivity (Wildman–Crippen MR) is 101 cm³/mol. The molecular formula is C19H22N2O4S. The van der Waals surface area contributed by atoms with Crippen molar-refractivity contribution in [1.29, 1.82) is 0 Å². The molecule has 0 radical (unpaired) electrons. The van der Waals surface area contributed by atoms with Crippen molar-refractivity contribution in [2.45, 2.75) is 26.7 Å². The van der Waals surface area contributed by atoms with Crippen LogP contribution in [0.1, 0.15) is 23.1 Å². The van der Waals surface area contributed by atoms with Crippen molar-refractivity contribution < 1.29 is 17.9 Å². The normalized spacial score (nSPS) is 13.4. The molecular weight excluding hydrogens is 352 g/mol. The lowest BCUT2D eigenvalue weighted by Crippen LogP contribution is -2.43. The molecule has 2 aromatic rings. The first-order chi connectivity index (χ1) is 12.4. The lowest BCUT2D eigenvalue weighted by Gasteiger charge is -2.19. The zero-order valence-corrected chi connectivity index (χ0v) is 15.7. The Morgan fingerprint density at radius 3 is 2.77 bits per heavy atom. The fourth-order valence-electron chi connectivity index (χ4n) is 2.92. The van der Waals surface area contributed by atoms with Gasteiger partial charge in [0.2, 0.25) is 5.91 Å². The molecule has 0 bridgehead atoms. The summed E-state index contributed by atoms with van der Waals surface area (Å²) in [5.41, 5.74) is 3.62. The molecule has 0 saturated heterocycles. The summed E-state index contributed by atoms with van der Waals surface area (Å²) in [5.74, 6) is 0.119. The first-order valence-corrected chi connectivity index (χ1v) is 9.92. The van der Waals surface area contributed by atoms with Crippen LogP contribution in [0.4, 0.5) is 5.69 Å². The Kier molecular flexibility index (Phi) is 5.18. The average molecular weight is 374 g/mol. The van der Waals surface area contributed by atoms with Crippen molar-refractivity contribution in [1.82, 2.24) is 4.72 Å². The van der Waals surface area contributed by atoms with Gasteiger partial charge in [0.05, 0.1) is 18.7 Å². The third kappa shape index (κ3) is 3.99. The maximum atomic E-state index is 12.5. The summed E-state index contributed by atoms with van der Waals surface area (Å²) in [6, 6.07) is 13.1. The van der Waals surface area contributed by atoms with Crippen LogP contribution in [0, 0.1) is 13.8 Å². The number of nitrogens with zero attached hydrogens (tertiary/aromatic N) is 1. The molecule has 0 spiro atoms. The molecule has 1 heterocycles. The fourth-order valence-corrected chi connectivity index (χ4v) is 4.19. The van der Waals surface area contributed by atoms with E-state index in [1.165, 1.54) is 4.31 Å². The molecule has 2 aromatic carbocycles. The van der Waals surface area contributed by atoms with Crippen molar-refractivity contribution >= 4 is 21.8 Å². The summed E-state index contributed by atoms with van der Waals surface area (Å²) in [6.45, 7) is 4.33. The van der Waals surface area contributed by atoms with E-state index >= 15 is 0 Å². The lowest BCUT2D eigenvalue weighted by molar-refractivity contribution is -0.119. The Morgan fingerprint density at radius 2 is 1.96 bits per heavy atom. The van der Waals surface area contributed by atoms with Gasteiger partial charge in [-0.25, -0.2) is 4.72 Å². The number of ether oxygens (including phenoxy) is 1. The van der Waals surface area contributed by atoms with Gasteiger partial charge in [-0.1, -0.05) is 30.3 Å².